The largest absolute Gasteiger partial charge is 0.507 e. The third-order valence-corrected chi connectivity index (χ3v) is 2.75. The SMILES string of the molecule is Cc1ccc2cc(C(=O)O)c(C)c(O)c2c1. The number of hydrogen-bond acceptors (Lipinski definition) is 2. The molecule has 0 atom stereocenters. The van der Waals surface area contributed by atoms with Gasteiger partial charge in [0, 0.05) is 10.9 Å². The molecule has 0 aromatic heterocycles. The van der Waals surface area contributed by atoms with Gasteiger partial charge in [0.05, 0.1) is 5.56 Å². The number of hydrogen-bond donors (Lipinski definition) is 2. The van der Waals surface area contributed by atoms with E-state index in [-0.39, 0.29) is 11.3 Å². The molecule has 3 heteroatoms. The van der Waals surface area contributed by atoms with Crippen LogP contribution in [0.2, 0.25) is 0 Å². The average molecular weight is 216 g/mol. The van der Waals surface area contributed by atoms with Gasteiger partial charge in [-0.3, -0.25) is 0 Å². The van der Waals surface area contributed by atoms with Gasteiger partial charge < -0.3 is 10.2 Å². The van der Waals surface area contributed by atoms with Crippen LogP contribution in [-0.2, 0) is 0 Å². The monoisotopic (exact) mass is 216 g/mol. The molecule has 0 aliphatic heterocycles. The summed E-state index contributed by atoms with van der Waals surface area (Å²) in [4.78, 5) is 11.0. The van der Waals surface area contributed by atoms with Crippen LogP contribution >= 0.6 is 0 Å². The van der Waals surface area contributed by atoms with Crippen molar-refractivity contribution in [2.24, 2.45) is 0 Å². The molecule has 0 spiro atoms. The Morgan fingerprint density at radius 2 is 1.88 bits per heavy atom. The van der Waals surface area contributed by atoms with Crippen LogP contribution in [0.5, 0.6) is 5.75 Å². The molecule has 0 heterocycles. The first kappa shape index (κ1) is 10.5. The lowest BCUT2D eigenvalue weighted by Crippen LogP contribution is -2.00. The summed E-state index contributed by atoms with van der Waals surface area (Å²) >= 11 is 0. The standard InChI is InChI=1S/C13H12O3/c1-7-3-4-9-6-10(13(15)16)8(2)12(14)11(9)5-7/h3-6,14H,1-2H3,(H,15,16). The highest BCUT2D eigenvalue weighted by Crippen LogP contribution is 2.31. The molecule has 0 radical (unpaired) electrons. The van der Waals surface area contributed by atoms with Crippen molar-refractivity contribution in [3.63, 3.8) is 0 Å². The molecule has 0 bridgehead atoms. The van der Waals surface area contributed by atoms with E-state index in [9.17, 15) is 9.90 Å². The Balaban J connectivity index is 2.88. The minimum absolute atomic E-state index is 0.0543. The Bertz CT molecular complexity index is 585. The molecule has 2 rings (SSSR count). The molecule has 82 valence electrons. The van der Waals surface area contributed by atoms with Gasteiger partial charge >= 0.3 is 5.97 Å². The van der Waals surface area contributed by atoms with Crippen LogP contribution < -0.4 is 0 Å². The molecule has 0 fully saturated rings. The number of carboxylic acid groups (broad SMARTS) is 1. The van der Waals surface area contributed by atoms with Crippen molar-refractivity contribution in [3.8, 4) is 5.75 Å². The number of benzene rings is 2. The van der Waals surface area contributed by atoms with E-state index < -0.39 is 5.97 Å². The van der Waals surface area contributed by atoms with Crippen LogP contribution in [0.15, 0.2) is 24.3 Å². The molecule has 2 aromatic rings. The molecule has 0 unspecified atom stereocenters. The molecule has 3 nitrogen and oxygen atoms in total. The summed E-state index contributed by atoms with van der Waals surface area (Å²) in [6.07, 6.45) is 0. The zero-order chi connectivity index (χ0) is 11.9. The van der Waals surface area contributed by atoms with Crippen molar-refractivity contribution in [1.82, 2.24) is 0 Å². The summed E-state index contributed by atoms with van der Waals surface area (Å²) in [5.41, 5.74) is 1.59. The van der Waals surface area contributed by atoms with E-state index in [1.807, 2.05) is 25.1 Å². The number of aromatic carboxylic acids is 1. The molecule has 16 heavy (non-hydrogen) atoms. The third-order valence-electron chi connectivity index (χ3n) is 2.75. The van der Waals surface area contributed by atoms with E-state index in [4.69, 9.17) is 5.11 Å². The minimum atomic E-state index is -1.02. The van der Waals surface area contributed by atoms with Gasteiger partial charge in [0.2, 0.25) is 0 Å². The van der Waals surface area contributed by atoms with Gasteiger partial charge in [-0.15, -0.1) is 0 Å². The summed E-state index contributed by atoms with van der Waals surface area (Å²) < 4.78 is 0. The molecule has 0 aliphatic carbocycles. The lowest BCUT2D eigenvalue weighted by molar-refractivity contribution is 0.0696. The molecular formula is C13H12O3. The smallest absolute Gasteiger partial charge is 0.336 e. The predicted octanol–water partition coefficient (Wildman–Crippen LogP) is 2.86. The zero-order valence-electron chi connectivity index (χ0n) is 9.11. The Morgan fingerprint density at radius 3 is 2.50 bits per heavy atom. The average Bonchev–Trinajstić information content (AvgIpc) is 2.23. The van der Waals surface area contributed by atoms with Gasteiger partial charge in [-0.2, -0.15) is 0 Å². The van der Waals surface area contributed by atoms with Crippen molar-refractivity contribution in [1.29, 1.82) is 0 Å². The predicted molar refractivity (Wildman–Crippen MR) is 62.0 cm³/mol. The molecule has 2 aromatic carbocycles. The highest BCUT2D eigenvalue weighted by molar-refractivity contribution is 5.99. The third kappa shape index (κ3) is 1.50. The maximum Gasteiger partial charge on any atom is 0.336 e. The van der Waals surface area contributed by atoms with Crippen molar-refractivity contribution >= 4 is 16.7 Å². The lowest BCUT2D eigenvalue weighted by Gasteiger charge is -2.08. The Hall–Kier alpha value is -2.03. The molecule has 0 saturated heterocycles. The van der Waals surface area contributed by atoms with E-state index in [2.05, 4.69) is 0 Å². The van der Waals surface area contributed by atoms with Gasteiger partial charge in [0.25, 0.3) is 0 Å². The van der Waals surface area contributed by atoms with Crippen molar-refractivity contribution in [3.05, 3.63) is 41.0 Å². The normalized spacial score (nSPS) is 10.6. The fraction of sp³-hybridized carbons (Fsp3) is 0.154. The Kier molecular flexibility index (Phi) is 2.31. The summed E-state index contributed by atoms with van der Waals surface area (Å²) in [7, 11) is 0. The van der Waals surface area contributed by atoms with Gasteiger partial charge in [0.15, 0.2) is 0 Å². The van der Waals surface area contributed by atoms with Gasteiger partial charge in [0.1, 0.15) is 5.75 Å². The van der Waals surface area contributed by atoms with E-state index in [0.717, 1.165) is 10.9 Å². The first-order valence-electron chi connectivity index (χ1n) is 4.97. The first-order chi connectivity index (χ1) is 7.50. The molecule has 0 amide bonds. The second-order valence-electron chi connectivity index (χ2n) is 3.93. The maximum atomic E-state index is 11.0. The number of phenols is 1. The van der Waals surface area contributed by atoms with Crippen molar-refractivity contribution in [2.45, 2.75) is 13.8 Å². The number of fused-ring (bicyclic) bond motifs is 1. The van der Waals surface area contributed by atoms with Crippen LogP contribution in [0.3, 0.4) is 0 Å². The van der Waals surface area contributed by atoms with Crippen LogP contribution in [0.1, 0.15) is 21.5 Å². The summed E-state index contributed by atoms with van der Waals surface area (Å²) in [5.74, 6) is -0.964. The van der Waals surface area contributed by atoms with Crippen LogP contribution in [0.25, 0.3) is 10.8 Å². The Labute approximate surface area is 93.0 Å². The number of rotatable bonds is 1. The van der Waals surface area contributed by atoms with Crippen LogP contribution in [0, 0.1) is 13.8 Å². The quantitative estimate of drug-likeness (QED) is 0.770. The fourth-order valence-corrected chi connectivity index (χ4v) is 1.82. The Morgan fingerprint density at radius 1 is 1.19 bits per heavy atom. The summed E-state index contributed by atoms with van der Waals surface area (Å²) in [6.45, 7) is 3.54. The number of carbonyl (C=O) groups is 1. The topological polar surface area (TPSA) is 57.5 Å². The number of aryl methyl sites for hydroxylation is 1. The minimum Gasteiger partial charge on any atom is -0.507 e. The zero-order valence-corrected chi connectivity index (χ0v) is 9.11. The van der Waals surface area contributed by atoms with Crippen LogP contribution in [0.4, 0.5) is 0 Å². The van der Waals surface area contributed by atoms with Crippen molar-refractivity contribution < 1.29 is 15.0 Å². The van der Waals surface area contributed by atoms with Gasteiger partial charge in [-0.05, 0) is 31.4 Å². The lowest BCUT2D eigenvalue weighted by atomic mass is 9.99. The highest BCUT2D eigenvalue weighted by Gasteiger charge is 2.13. The molecular weight excluding hydrogens is 204 g/mol. The highest BCUT2D eigenvalue weighted by atomic mass is 16.4. The van der Waals surface area contributed by atoms with Gasteiger partial charge in [-0.25, -0.2) is 4.79 Å². The number of carboxylic acids is 1. The van der Waals surface area contributed by atoms with E-state index >= 15 is 0 Å². The van der Waals surface area contributed by atoms with E-state index in [1.165, 1.54) is 0 Å². The number of aromatic hydroxyl groups is 1. The molecule has 2 N–H and O–H groups in total. The maximum absolute atomic E-state index is 11.0. The van der Waals surface area contributed by atoms with E-state index in [1.54, 1.807) is 13.0 Å². The molecule has 0 saturated carbocycles. The van der Waals surface area contributed by atoms with Crippen molar-refractivity contribution in [2.75, 3.05) is 0 Å². The summed E-state index contributed by atoms with van der Waals surface area (Å²) in [5, 5.41) is 20.4. The number of phenolic OH excluding ortho intramolecular Hbond substituents is 1. The molecule has 0 aliphatic rings. The van der Waals surface area contributed by atoms with Gasteiger partial charge in [-0.1, -0.05) is 17.7 Å². The second-order valence-corrected chi connectivity index (χ2v) is 3.93. The fourth-order valence-electron chi connectivity index (χ4n) is 1.82. The van der Waals surface area contributed by atoms with Crippen LogP contribution in [-0.4, -0.2) is 16.2 Å². The second kappa shape index (κ2) is 3.52. The summed E-state index contributed by atoms with van der Waals surface area (Å²) in [6, 6.07) is 7.15. The first-order valence-corrected chi connectivity index (χ1v) is 4.97. The van der Waals surface area contributed by atoms with E-state index in [0.29, 0.717) is 10.9 Å².